The normalized spacial score (nSPS) is 17.1. The van der Waals surface area contributed by atoms with Gasteiger partial charge in [0.2, 0.25) is 0 Å². The number of anilines is 1. The summed E-state index contributed by atoms with van der Waals surface area (Å²) < 4.78 is 29.0. The lowest BCUT2D eigenvalue weighted by atomic mass is 9.91. The van der Waals surface area contributed by atoms with Crippen molar-refractivity contribution >= 4 is 34.3 Å². The fourth-order valence-electron chi connectivity index (χ4n) is 4.60. The number of fused-ring (bicyclic) bond motifs is 1. The van der Waals surface area contributed by atoms with E-state index in [1.807, 2.05) is 26.1 Å². The van der Waals surface area contributed by atoms with E-state index in [9.17, 15) is 18.8 Å². The van der Waals surface area contributed by atoms with E-state index in [0.29, 0.717) is 28.2 Å². The monoisotopic (exact) mass is 522 g/mol. The minimum atomic E-state index is -0.556. The molecule has 0 saturated heterocycles. The molecule has 3 heterocycles. The first-order chi connectivity index (χ1) is 17.8. The number of rotatable bonds is 5. The Balaban J connectivity index is 0.000000342. The fourth-order valence-corrected chi connectivity index (χ4v) is 5.20. The number of halogens is 2. The number of nitriles is 1. The van der Waals surface area contributed by atoms with Crippen LogP contribution >= 0.6 is 11.3 Å². The van der Waals surface area contributed by atoms with Gasteiger partial charge < -0.3 is 15.6 Å². The second-order valence-corrected chi connectivity index (χ2v) is 10.00. The summed E-state index contributed by atoms with van der Waals surface area (Å²) in [4.78, 5) is 22.0. The van der Waals surface area contributed by atoms with Crippen molar-refractivity contribution in [2.75, 3.05) is 12.4 Å². The number of hydrogen-bond acceptors (Lipinski definition) is 7. The summed E-state index contributed by atoms with van der Waals surface area (Å²) >= 11 is 1.37. The molecule has 1 saturated carbocycles. The number of aromatic nitrogens is 3. The molecule has 3 N–H and O–H groups in total. The van der Waals surface area contributed by atoms with Crippen molar-refractivity contribution in [3.63, 3.8) is 0 Å². The highest BCUT2D eigenvalue weighted by atomic mass is 32.1. The zero-order chi connectivity index (χ0) is 26.5. The molecular formula is C27H28F2N6OS. The minimum absolute atomic E-state index is 0.103. The van der Waals surface area contributed by atoms with E-state index in [-0.39, 0.29) is 23.2 Å². The van der Waals surface area contributed by atoms with Crippen molar-refractivity contribution < 1.29 is 13.6 Å². The first kappa shape index (κ1) is 26.4. The molecule has 192 valence electrons. The molecule has 5 rings (SSSR count). The van der Waals surface area contributed by atoms with Crippen LogP contribution in [0.4, 0.5) is 14.6 Å². The van der Waals surface area contributed by atoms with E-state index >= 15 is 0 Å². The van der Waals surface area contributed by atoms with Gasteiger partial charge in [-0.3, -0.25) is 4.79 Å². The maximum atomic E-state index is 14.7. The molecule has 37 heavy (non-hydrogen) atoms. The molecule has 1 aliphatic carbocycles. The lowest BCUT2D eigenvalue weighted by Gasteiger charge is -2.30. The Kier molecular flexibility index (Phi) is 8.26. The zero-order valence-electron chi connectivity index (χ0n) is 20.9. The Labute approximate surface area is 218 Å². The molecule has 2 atom stereocenters. The largest absolute Gasteiger partial charge is 0.365 e. The van der Waals surface area contributed by atoms with E-state index in [2.05, 4.69) is 25.6 Å². The molecule has 4 aromatic rings. The molecular weight excluding hydrogens is 494 g/mol. The average Bonchev–Trinajstić information content (AvgIpc) is 3.51. The number of nitrogens with zero attached hydrogens (tertiary/aromatic N) is 3. The Hall–Kier alpha value is -3.68. The predicted molar refractivity (Wildman–Crippen MR) is 142 cm³/mol. The van der Waals surface area contributed by atoms with Crippen LogP contribution in [0.1, 0.15) is 52.2 Å². The van der Waals surface area contributed by atoms with Gasteiger partial charge in [0.1, 0.15) is 11.9 Å². The highest BCUT2D eigenvalue weighted by molar-refractivity contribution is 7.11. The molecule has 0 bridgehead atoms. The molecule has 0 aliphatic heterocycles. The Morgan fingerprint density at radius 3 is 2.62 bits per heavy atom. The third kappa shape index (κ3) is 5.84. The van der Waals surface area contributed by atoms with Gasteiger partial charge in [0.25, 0.3) is 0 Å². The van der Waals surface area contributed by atoms with Gasteiger partial charge in [-0.1, -0.05) is 0 Å². The number of aromatic amines is 1. The van der Waals surface area contributed by atoms with Gasteiger partial charge in [-0.25, -0.2) is 18.7 Å². The van der Waals surface area contributed by atoms with Crippen molar-refractivity contribution in [1.82, 2.24) is 20.3 Å². The number of pyridine rings is 1. The summed E-state index contributed by atoms with van der Waals surface area (Å²) in [6.07, 6.45) is 6.41. The van der Waals surface area contributed by atoms with Gasteiger partial charge in [-0.05, 0) is 70.3 Å². The van der Waals surface area contributed by atoms with E-state index in [1.54, 1.807) is 18.6 Å². The maximum Gasteiger partial charge on any atom is 0.166 e. The van der Waals surface area contributed by atoms with Gasteiger partial charge >= 0.3 is 0 Å². The molecule has 1 fully saturated rings. The highest BCUT2D eigenvalue weighted by Gasteiger charge is 2.24. The number of hydrogen-bond donors (Lipinski definition) is 3. The number of carbonyl (C=O) groups excluding carboxylic acids is 1. The van der Waals surface area contributed by atoms with Crippen LogP contribution in [-0.2, 0) is 0 Å². The predicted octanol–water partition coefficient (Wildman–Crippen LogP) is 5.89. The van der Waals surface area contributed by atoms with Crippen molar-refractivity contribution in [2.24, 2.45) is 0 Å². The number of aldehydes is 1. The second kappa shape index (κ2) is 11.6. The first-order valence-corrected chi connectivity index (χ1v) is 12.9. The van der Waals surface area contributed by atoms with Crippen molar-refractivity contribution in [2.45, 2.75) is 51.6 Å². The Morgan fingerprint density at radius 2 is 1.97 bits per heavy atom. The lowest BCUT2D eigenvalue weighted by molar-refractivity contribution is 0.112. The van der Waals surface area contributed by atoms with Crippen LogP contribution in [-0.4, -0.2) is 40.4 Å². The number of benzene rings is 1. The van der Waals surface area contributed by atoms with Gasteiger partial charge in [-0.2, -0.15) is 5.26 Å². The van der Waals surface area contributed by atoms with Crippen LogP contribution in [0.15, 0.2) is 29.9 Å². The molecule has 1 unspecified atom stereocenters. The van der Waals surface area contributed by atoms with E-state index in [4.69, 9.17) is 0 Å². The smallest absolute Gasteiger partial charge is 0.166 e. The van der Waals surface area contributed by atoms with Crippen LogP contribution in [0.3, 0.4) is 0 Å². The van der Waals surface area contributed by atoms with E-state index < -0.39 is 5.82 Å². The fraction of sp³-hybridized carbons (Fsp3) is 0.333. The Bertz CT molecular complexity index is 1460. The van der Waals surface area contributed by atoms with Gasteiger partial charge in [0.05, 0.1) is 32.9 Å². The van der Waals surface area contributed by atoms with Crippen molar-refractivity contribution in [1.29, 1.82) is 5.26 Å². The number of carbonyl (C=O) groups is 1. The summed E-state index contributed by atoms with van der Waals surface area (Å²) in [5.74, 6) is -0.798. The van der Waals surface area contributed by atoms with Gasteiger partial charge in [0, 0.05) is 29.2 Å². The second-order valence-electron chi connectivity index (χ2n) is 9.11. The molecule has 0 amide bonds. The topological polar surface area (TPSA) is 106 Å². The van der Waals surface area contributed by atoms with Crippen LogP contribution in [0.2, 0.25) is 0 Å². The third-order valence-electron chi connectivity index (χ3n) is 6.55. The molecule has 3 aromatic heterocycles. The van der Waals surface area contributed by atoms with Gasteiger partial charge in [0.15, 0.2) is 17.9 Å². The molecule has 1 aliphatic rings. The van der Waals surface area contributed by atoms with Crippen LogP contribution in [0, 0.1) is 36.8 Å². The SMILES string of the molecule is CN[C@@H]1CCCC(Nc2nc(-c3c[nH]c4c(F)cc(C)cc34)c(C#N)cc2F)C1.Cc1ncsc1C=O. The number of H-pyrrole nitrogens is 1. The van der Waals surface area contributed by atoms with Crippen LogP contribution < -0.4 is 10.6 Å². The Morgan fingerprint density at radius 1 is 1.19 bits per heavy atom. The summed E-state index contributed by atoms with van der Waals surface area (Å²) in [5.41, 5.74) is 4.64. The van der Waals surface area contributed by atoms with Crippen molar-refractivity contribution in [3.05, 3.63) is 63.2 Å². The minimum Gasteiger partial charge on any atom is -0.365 e. The van der Waals surface area contributed by atoms with E-state index in [0.717, 1.165) is 48.1 Å². The maximum absolute atomic E-state index is 14.7. The van der Waals surface area contributed by atoms with Crippen LogP contribution in [0.25, 0.3) is 22.2 Å². The standard InChI is InChI=1S/C22H23F2N5.C5H5NOS/c1-12-6-16-17(11-27-21(16)18(23)7-12)20-13(10-25)8-19(24)22(29-20)28-15-5-3-4-14(9-15)26-2;1-4-5(2-7)8-3-6-4/h6-8,11,14-15,26-27H,3-5,9H2,1-2H3,(H,28,29);2-3H,1H3/t14-,15?;/m1./s1. The van der Waals surface area contributed by atoms with Crippen LogP contribution in [0.5, 0.6) is 0 Å². The van der Waals surface area contributed by atoms with Gasteiger partial charge in [-0.15, -0.1) is 11.3 Å². The number of thiazole rings is 1. The quantitative estimate of drug-likeness (QED) is 0.282. The molecule has 0 radical (unpaired) electrons. The number of nitrogens with one attached hydrogen (secondary N) is 3. The first-order valence-electron chi connectivity index (χ1n) is 12.0. The zero-order valence-corrected chi connectivity index (χ0v) is 21.7. The van der Waals surface area contributed by atoms with Crippen molar-refractivity contribution in [3.8, 4) is 17.3 Å². The summed E-state index contributed by atoms with van der Waals surface area (Å²) in [5, 5.41) is 16.7. The molecule has 0 spiro atoms. The average molecular weight is 523 g/mol. The molecule has 10 heteroatoms. The number of aryl methyl sites for hydroxylation is 2. The summed E-state index contributed by atoms with van der Waals surface area (Å²) in [6, 6.07) is 6.99. The lowest BCUT2D eigenvalue weighted by Crippen LogP contribution is -2.37. The summed E-state index contributed by atoms with van der Waals surface area (Å²) in [6.45, 7) is 3.62. The van der Waals surface area contributed by atoms with E-state index in [1.165, 1.54) is 23.5 Å². The highest BCUT2D eigenvalue weighted by Crippen LogP contribution is 2.34. The third-order valence-corrected chi connectivity index (χ3v) is 7.41. The molecule has 1 aromatic carbocycles. The molecule has 7 nitrogen and oxygen atoms in total. The summed E-state index contributed by atoms with van der Waals surface area (Å²) in [7, 11) is 1.93.